The molecule has 0 unspecified atom stereocenters. The lowest BCUT2D eigenvalue weighted by atomic mass is 10.2. The number of carboxylic acids is 1. The van der Waals surface area contributed by atoms with Crippen molar-refractivity contribution >= 4 is 23.6 Å². The highest BCUT2D eigenvalue weighted by Crippen LogP contribution is 2.23. The third kappa shape index (κ3) is 5.42. The van der Waals surface area contributed by atoms with E-state index in [-0.39, 0.29) is 18.9 Å². The first kappa shape index (κ1) is 18.1. The van der Waals surface area contributed by atoms with Crippen LogP contribution in [0.4, 0.5) is 0 Å². The molecule has 1 N–H and O–H groups in total. The van der Waals surface area contributed by atoms with Gasteiger partial charge in [-0.2, -0.15) is 0 Å². The molecule has 2 rings (SSSR count). The van der Waals surface area contributed by atoms with Crippen molar-refractivity contribution in [3.05, 3.63) is 65.7 Å². The highest BCUT2D eigenvalue weighted by Gasteiger charge is 2.15. The Hall–Kier alpha value is -2.27. The highest BCUT2D eigenvalue weighted by molar-refractivity contribution is 7.98. The van der Waals surface area contributed by atoms with E-state index in [1.807, 2.05) is 37.3 Å². The molecular formula is C19H21NO3S. The molecule has 0 heterocycles. The van der Waals surface area contributed by atoms with Crippen LogP contribution in [-0.4, -0.2) is 35.0 Å². The Morgan fingerprint density at radius 3 is 2.29 bits per heavy atom. The van der Waals surface area contributed by atoms with Gasteiger partial charge in [0.05, 0.1) is 6.42 Å². The minimum atomic E-state index is -0.895. The lowest BCUT2D eigenvalue weighted by molar-refractivity contribution is -0.137. The smallest absolute Gasteiger partial charge is 0.305 e. The number of hydrogen-bond acceptors (Lipinski definition) is 3. The predicted octanol–water partition coefficient (Wildman–Crippen LogP) is 3.92. The highest BCUT2D eigenvalue weighted by atomic mass is 32.2. The predicted molar refractivity (Wildman–Crippen MR) is 96.3 cm³/mol. The van der Waals surface area contributed by atoms with E-state index in [9.17, 15) is 9.59 Å². The summed E-state index contributed by atoms with van der Waals surface area (Å²) in [5.41, 5.74) is 1.85. The molecule has 1 amide bonds. The number of thioether (sulfide) groups is 1. The van der Waals surface area contributed by atoms with Gasteiger partial charge in [-0.25, -0.2) is 0 Å². The van der Waals surface area contributed by atoms with E-state index in [4.69, 9.17) is 5.11 Å². The Morgan fingerprint density at radius 2 is 1.71 bits per heavy atom. The Labute approximate surface area is 146 Å². The Bertz CT molecular complexity index is 671. The number of carbonyl (C=O) groups is 2. The summed E-state index contributed by atoms with van der Waals surface area (Å²) in [5.74, 6) is -0.138. The topological polar surface area (TPSA) is 57.6 Å². The van der Waals surface area contributed by atoms with E-state index in [1.54, 1.807) is 28.8 Å². The average Bonchev–Trinajstić information content (AvgIpc) is 2.61. The van der Waals surface area contributed by atoms with Gasteiger partial charge in [-0.05, 0) is 36.8 Å². The standard InChI is InChI=1S/C19H21NO3S/c1-2-20(13-12-18(21)22)19(23)16-8-10-17(11-9-16)24-14-15-6-4-3-5-7-15/h3-11H,2,12-14H2,1H3,(H,21,22). The van der Waals surface area contributed by atoms with Crippen LogP contribution in [0.25, 0.3) is 0 Å². The van der Waals surface area contributed by atoms with Crippen molar-refractivity contribution in [1.29, 1.82) is 0 Å². The summed E-state index contributed by atoms with van der Waals surface area (Å²) in [7, 11) is 0. The molecule has 0 aliphatic carbocycles. The number of hydrogen-bond donors (Lipinski definition) is 1. The molecule has 0 saturated carbocycles. The first-order valence-electron chi connectivity index (χ1n) is 7.88. The Balaban J connectivity index is 1.94. The van der Waals surface area contributed by atoms with Crippen LogP contribution in [0.2, 0.25) is 0 Å². The van der Waals surface area contributed by atoms with E-state index in [0.29, 0.717) is 12.1 Å². The number of carboxylic acid groups (broad SMARTS) is 1. The van der Waals surface area contributed by atoms with Crippen molar-refractivity contribution in [3.63, 3.8) is 0 Å². The van der Waals surface area contributed by atoms with Crippen molar-refractivity contribution in [2.75, 3.05) is 13.1 Å². The van der Waals surface area contributed by atoms with E-state index < -0.39 is 5.97 Å². The van der Waals surface area contributed by atoms with Crippen molar-refractivity contribution in [2.45, 2.75) is 24.0 Å². The minimum absolute atomic E-state index is 0.0371. The second-order valence-corrected chi connectivity index (χ2v) is 6.38. The SMILES string of the molecule is CCN(CCC(=O)O)C(=O)c1ccc(SCc2ccccc2)cc1. The van der Waals surface area contributed by atoms with Crippen LogP contribution in [0, 0.1) is 0 Å². The molecule has 0 aliphatic rings. The Morgan fingerprint density at radius 1 is 1.04 bits per heavy atom. The quantitative estimate of drug-likeness (QED) is 0.738. The maximum absolute atomic E-state index is 12.4. The second kappa shape index (κ2) is 9.13. The summed E-state index contributed by atoms with van der Waals surface area (Å²) < 4.78 is 0. The molecule has 0 aromatic heterocycles. The van der Waals surface area contributed by atoms with Crippen LogP contribution < -0.4 is 0 Å². The molecule has 0 atom stereocenters. The largest absolute Gasteiger partial charge is 0.481 e. The summed E-state index contributed by atoms with van der Waals surface area (Å²) in [4.78, 5) is 25.7. The number of benzene rings is 2. The molecule has 4 nitrogen and oxygen atoms in total. The van der Waals surface area contributed by atoms with Gasteiger partial charge in [0.25, 0.3) is 5.91 Å². The van der Waals surface area contributed by atoms with Crippen LogP contribution in [0.1, 0.15) is 29.3 Å². The van der Waals surface area contributed by atoms with E-state index in [1.165, 1.54) is 5.56 Å². The van der Waals surface area contributed by atoms with Crippen LogP contribution in [0.15, 0.2) is 59.5 Å². The van der Waals surface area contributed by atoms with E-state index >= 15 is 0 Å². The van der Waals surface area contributed by atoms with Crippen molar-refractivity contribution in [2.24, 2.45) is 0 Å². The molecule has 0 bridgehead atoms. The molecule has 126 valence electrons. The third-order valence-corrected chi connectivity index (χ3v) is 4.70. The van der Waals surface area contributed by atoms with Crippen LogP contribution in [0.3, 0.4) is 0 Å². The van der Waals surface area contributed by atoms with E-state index in [2.05, 4.69) is 12.1 Å². The molecule has 0 saturated heterocycles. The van der Waals surface area contributed by atoms with Gasteiger partial charge in [-0.1, -0.05) is 30.3 Å². The number of nitrogens with zero attached hydrogens (tertiary/aromatic N) is 1. The van der Waals surface area contributed by atoms with Gasteiger partial charge in [-0.15, -0.1) is 11.8 Å². The number of rotatable bonds is 8. The second-order valence-electron chi connectivity index (χ2n) is 5.33. The Kier molecular flexibility index (Phi) is 6.88. The molecule has 0 fully saturated rings. The fraction of sp³-hybridized carbons (Fsp3) is 0.263. The molecule has 2 aromatic rings. The molecule has 0 radical (unpaired) electrons. The third-order valence-electron chi connectivity index (χ3n) is 3.61. The zero-order chi connectivity index (χ0) is 17.4. The summed E-state index contributed by atoms with van der Waals surface area (Å²) in [6.45, 7) is 2.58. The number of amides is 1. The summed E-state index contributed by atoms with van der Waals surface area (Å²) in [6.07, 6.45) is -0.0371. The van der Waals surface area contributed by atoms with Crippen LogP contribution in [0.5, 0.6) is 0 Å². The van der Waals surface area contributed by atoms with Crippen LogP contribution in [-0.2, 0) is 10.5 Å². The van der Waals surface area contributed by atoms with Gasteiger partial charge >= 0.3 is 5.97 Å². The maximum atomic E-state index is 12.4. The first-order valence-corrected chi connectivity index (χ1v) is 8.86. The first-order chi connectivity index (χ1) is 11.6. The molecule has 2 aromatic carbocycles. The maximum Gasteiger partial charge on any atom is 0.305 e. The van der Waals surface area contributed by atoms with Gasteiger partial charge in [0, 0.05) is 29.3 Å². The fourth-order valence-electron chi connectivity index (χ4n) is 2.25. The number of carbonyl (C=O) groups excluding carboxylic acids is 1. The normalized spacial score (nSPS) is 10.4. The monoisotopic (exact) mass is 343 g/mol. The average molecular weight is 343 g/mol. The van der Waals surface area contributed by atoms with Gasteiger partial charge in [0.1, 0.15) is 0 Å². The number of aliphatic carboxylic acids is 1. The summed E-state index contributed by atoms with van der Waals surface area (Å²) in [5, 5.41) is 8.76. The molecule has 24 heavy (non-hydrogen) atoms. The van der Waals surface area contributed by atoms with Crippen LogP contribution >= 0.6 is 11.8 Å². The minimum Gasteiger partial charge on any atom is -0.481 e. The van der Waals surface area contributed by atoms with Crippen molar-refractivity contribution in [3.8, 4) is 0 Å². The lowest BCUT2D eigenvalue weighted by Gasteiger charge is -2.20. The van der Waals surface area contributed by atoms with Gasteiger partial charge in [0.2, 0.25) is 0 Å². The molecule has 0 aliphatic heterocycles. The summed E-state index contributed by atoms with van der Waals surface area (Å²) >= 11 is 1.72. The fourth-order valence-corrected chi connectivity index (χ4v) is 3.11. The zero-order valence-corrected chi connectivity index (χ0v) is 14.5. The zero-order valence-electron chi connectivity index (χ0n) is 13.6. The van der Waals surface area contributed by atoms with Crippen molar-refractivity contribution in [1.82, 2.24) is 4.90 Å². The van der Waals surface area contributed by atoms with Gasteiger partial charge in [0.15, 0.2) is 0 Å². The van der Waals surface area contributed by atoms with E-state index in [0.717, 1.165) is 10.6 Å². The van der Waals surface area contributed by atoms with Gasteiger partial charge < -0.3 is 10.0 Å². The van der Waals surface area contributed by atoms with Crippen molar-refractivity contribution < 1.29 is 14.7 Å². The van der Waals surface area contributed by atoms with Gasteiger partial charge in [-0.3, -0.25) is 9.59 Å². The lowest BCUT2D eigenvalue weighted by Crippen LogP contribution is -2.32. The molecular weight excluding hydrogens is 322 g/mol. The summed E-state index contributed by atoms with van der Waals surface area (Å²) in [6, 6.07) is 17.7. The molecule has 0 spiro atoms. The molecule has 5 heteroatoms.